The predicted molar refractivity (Wildman–Crippen MR) is 90.7 cm³/mol. The summed E-state index contributed by atoms with van der Waals surface area (Å²) < 4.78 is 27.1. The molecule has 1 aromatic carbocycles. The standard InChI is InChI=1S/C17H26N2O3S/c1-13-9-10-14(2)16(11-13)23(21,22)18-12-17(20)19-15-7-5-3-4-6-8-15/h9-11,15,18H,3-8,12H2,1-2H3,(H,19,20). The highest BCUT2D eigenvalue weighted by Crippen LogP contribution is 2.18. The average molecular weight is 338 g/mol. The molecule has 6 heteroatoms. The summed E-state index contributed by atoms with van der Waals surface area (Å²) in [6.07, 6.45) is 6.64. The Morgan fingerprint density at radius 1 is 1.13 bits per heavy atom. The molecule has 5 nitrogen and oxygen atoms in total. The van der Waals surface area contributed by atoms with E-state index in [2.05, 4.69) is 10.0 Å². The number of hydrogen-bond donors (Lipinski definition) is 2. The fraction of sp³-hybridized carbons (Fsp3) is 0.588. The lowest BCUT2D eigenvalue weighted by Gasteiger charge is -2.16. The first kappa shape index (κ1) is 17.9. The monoisotopic (exact) mass is 338 g/mol. The van der Waals surface area contributed by atoms with Crippen LogP contribution in [0.3, 0.4) is 0 Å². The molecule has 2 rings (SSSR count). The van der Waals surface area contributed by atoms with Gasteiger partial charge in [-0.2, -0.15) is 0 Å². The smallest absolute Gasteiger partial charge is 0.241 e. The van der Waals surface area contributed by atoms with Crippen molar-refractivity contribution in [2.75, 3.05) is 6.54 Å². The van der Waals surface area contributed by atoms with Crippen LogP contribution >= 0.6 is 0 Å². The Morgan fingerprint density at radius 2 is 1.78 bits per heavy atom. The van der Waals surface area contributed by atoms with Crippen molar-refractivity contribution < 1.29 is 13.2 Å². The van der Waals surface area contributed by atoms with Crippen molar-refractivity contribution in [3.63, 3.8) is 0 Å². The lowest BCUT2D eigenvalue weighted by molar-refractivity contribution is -0.120. The SMILES string of the molecule is Cc1ccc(C)c(S(=O)(=O)NCC(=O)NC2CCCCCC2)c1. The maximum atomic E-state index is 12.4. The first-order chi connectivity index (χ1) is 10.9. The molecule has 1 fully saturated rings. The Hall–Kier alpha value is -1.40. The minimum Gasteiger partial charge on any atom is -0.352 e. The predicted octanol–water partition coefficient (Wildman–Crippen LogP) is 2.42. The van der Waals surface area contributed by atoms with Gasteiger partial charge >= 0.3 is 0 Å². The van der Waals surface area contributed by atoms with Gasteiger partial charge in [0.25, 0.3) is 0 Å². The summed E-state index contributed by atoms with van der Waals surface area (Å²) in [5, 5.41) is 2.94. The van der Waals surface area contributed by atoms with Gasteiger partial charge in [0, 0.05) is 6.04 Å². The Balaban J connectivity index is 1.93. The summed E-state index contributed by atoms with van der Waals surface area (Å²) in [6, 6.07) is 5.44. The van der Waals surface area contributed by atoms with Crippen molar-refractivity contribution in [1.82, 2.24) is 10.0 Å². The molecule has 1 amide bonds. The van der Waals surface area contributed by atoms with E-state index in [9.17, 15) is 13.2 Å². The van der Waals surface area contributed by atoms with Crippen LogP contribution in [0.5, 0.6) is 0 Å². The van der Waals surface area contributed by atoms with Crippen LogP contribution in [0.2, 0.25) is 0 Å². The molecule has 2 N–H and O–H groups in total. The summed E-state index contributed by atoms with van der Waals surface area (Å²) >= 11 is 0. The Morgan fingerprint density at radius 3 is 2.43 bits per heavy atom. The normalized spacial score (nSPS) is 16.8. The van der Waals surface area contributed by atoms with Crippen molar-refractivity contribution in [2.24, 2.45) is 0 Å². The van der Waals surface area contributed by atoms with Gasteiger partial charge in [-0.15, -0.1) is 0 Å². The second-order valence-electron chi connectivity index (χ2n) is 6.35. The van der Waals surface area contributed by atoms with Crippen LogP contribution in [0.15, 0.2) is 23.1 Å². The van der Waals surface area contributed by atoms with Crippen molar-refractivity contribution >= 4 is 15.9 Å². The second-order valence-corrected chi connectivity index (χ2v) is 8.08. The Kier molecular flexibility index (Phi) is 6.18. The fourth-order valence-electron chi connectivity index (χ4n) is 2.94. The second kappa shape index (κ2) is 7.93. The molecule has 0 atom stereocenters. The summed E-state index contributed by atoms with van der Waals surface area (Å²) in [5.41, 5.74) is 1.55. The van der Waals surface area contributed by atoms with Gasteiger partial charge in [0.1, 0.15) is 0 Å². The lowest BCUT2D eigenvalue weighted by atomic mass is 10.1. The zero-order chi connectivity index (χ0) is 16.9. The Labute approximate surface area is 138 Å². The highest BCUT2D eigenvalue weighted by molar-refractivity contribution is 7.89. The zero-order valence-electron chi connectivity index (χ0n) is 13.9. The topological polar surface area (TPSA) is 75.3 Å². The number of carbonyl (C=O) groups excluding carboxylic acids is 1. The molecule has 0 radical (unpaired) electrons. The van der Waals surface area contributed by atoms with E-state index in [-0.39, 0.29) is 23.4 Å². The minimum atomic E-state index is -3.67. The highest BCUT2D eigenvalue weighted by Gasteiger charge is 2.20. The van der Waals surface area contributed by atoms with Gasteiger partial charge in [-0.25, -0.2) is 13.1 Å². The summed E-state index contributed by atoms with van der Waals surface area (Å²) in [6.45, 7) is 3.38. The quantitative estimate of drug-likeness (QED) is 0.810. The molecule has 0 heterocycles. The molecule has 0 saturated heterocycles. The molecule has 128 valence electrons. The minimum absolute atomic E-state index is 0.176. The molecule has 0 aromatic heterocycles. The molecule has 1 aliphatic carbocycles. The summed E-state index contributed by atoms with van der Waals surface area (Å²) in [5.74, 6) is -0.259. The van der Waals surface area contributed by atoms with Gasteiger partial charge in [-0.1, -0.05) is 37.8 Å². The highest BCUT2D eigenvalue weighted by atomic mass is 32.2. The lowest BCUT2D eigenvalue weighted by Crippen LogP contribution is -2.41. The third-order valence-corrected chi connectivity index (χ3v) is 5.82. The fourth-order valence-corrected chi connectivity index (χ4v) is 4.25. The Bertz CT molecular complexity index is 648. The zero-order valence-corrected chi connectivity index (χ0v) is 14.7. The van der Waals surface area contributed by atoms with Crippen LogP contribution in [-0.2, 0) is 14.8 Å². The van der Waals surface area contributed by atoms with Gasteiger partial charge in [0.2, 0.25) is 15.9 Å². The number of rotatable bonds is 5. The van der Waals surface area contributed by atoms with Gasteiger partial charge in [-0.3, -0.25) is 4.79 Å². The molecular weight excluding hydrogens is 312 g/mol. The summed E-state index contributed by atoms with van der Waals surface area (Å²) in [4.78, 5) is 12.3. The van der Waals surface area contributed by atoms with E-state index < -0.39 is 10.0 Å². The van der Waals surface area contributed by atoms with Crippen molar-refractivity contribution in [3.8, 4) is 0 Å². The van der Waals surface area contributed by atoms with Gasteiger partial charge in [0.05, 0.1) is 11.4 Å². The van der Waals surface area contributed by atoms with Gasteiger partial charge in [0.15, 0.2) is 0 Å². The molecule has 1 aromatic rings. The van der Waals surface area contributed by atoms with Crippen molar-refractivity contribution in [3.05, 3.63) is 29.3 Å². The van der Waals surface area contributed by atoms with E-state index in [1.807, 2.05) is 13.0 Å². The van der Waals surface area contributed by atoms with E-state index in [0.717, 1.165) is 31.2 Å². The molecule has 1 saturated carbocycles. The number of amides is 1. The van der Waals surface area contributed by atoms with Gasteiger partial charge in [-0.05, 0) is 43.9 Å². The van der Waals surface area contributed by atoms with Gasteiger partial charge < -0.3 is 5.32 Å². The largest absolute Gasteiger partial charge is 0.352 e. The molecule has 0 unspecified atom stereocenters. The third-order valence-electron chi connectivity index (χ3n) is 4.28. The number of carbonyl (C=O) groups is 1. The molecule has 0 bridgehead atoms. The van der Waals surface area contributed by atoms with Crippen LogP contribution in [0.25, 0.3) is 0 Å². The molecule has 0 aliphatic heterocycles. The first-order valence-electron chi connectivity index (χ1n) is 8.25. The maximum Gasteiger partial charge on any atom is 0.241 e. The summed E-state index contributed by atoms with van der Waals surface area (Å²) in [7, 11) is -3.67. The number of hydrogen-bond acceptors (Lipinski definition) is 3. The molecule has 1 aliphatic rings. The maximum absolute atomic E-state index is 12.4. The third kappa shape index (κ3) is 5.32. The average Bonchev–Trinajstić information content (AvgIpc) is 2.76. The van der Waals surface area contributed by atoms with E-state index in [4.69, 9.17) is 0 Å². The molecular formula is C17H26N2O3S. The van der Waals surface area contributed by atoms with E-state index >= 15 is 0 Å². The number of nitrogens with one attached hydrogen (secondary N) is 2. The van der Waals surface area contributed by atoms with Crippen LogP contribution in [-0.4, -0.2) is 26.9 Å². The first-order valence-corrected chi connectivity index (χ1v) is 9.73. The van der Waals surface area contributed by atoms with E-state index in [1.165, 1.54) is 12.8 Å². The van der Waals surface area contributed by atoms with Crippen molar-refractivity contribution in [1.29, 1.82) is 0 Å². The molecule has 23 heavy (non-hydrogen) atoms. The molecule has 0 spiro atoms. The van der Waals surface area contributed by atoms with E-state index in [1.54, 1.807) is 19.1 Å². The number of benzene rings is 1. The van der Waals surface area contributed by atoms with Crippen LogP contribution < -0.4 is 10.0 Å². The number of sulfonamides is 1. The number of aryl methyl sites for hydroxylation is 2. The van der Waals surface area contributed by atoms with Crippen LogP contribution in [0.4, 0.5) is 0 Å². The van der Waals surface area contributed by atoms with Crippen molar-refractivity contribution in [2.45, 2.75) is 63.3 Å². The van der Waals surface area contributed by atoms with E-state index in [0.29, 0.717) is 5.56 Å². The van der Waals surface area contributed by atoms with Crippen LogP contribution in [0, 0.1) is 13.8 Å². The van der Waals surface area contributed by atoms with Crippen LogP contribution in [0.1, 0.15) is 49.7 Å².